The molecule has 0 bridgehead atoms. The lowest BCUT2D eigenvalue weighted by Gasteiger charge is -2.09. The number of imidazole rings is 1. The number of benzene rings is 2. The molecule has 9 heteroatoms. The van der Waals surface area contributed by atoms with Gasteiger partial charge in [-0.1, -0.05) is 35.1 Å². The first kappa shape index (κ1) is 18.9. The summed E-state index contributed by atoms with van der Waals surface area (Å²) in [5, 5.41) is 0.134. The molecule has 0 amide bonds. The van der Waals surface area contributed by atoms with E-state index in [9.17, 15) is 18.0 Å². The Kier molecular flexibility index (Phi) is 4.23. The fourth-order valence-electron chi connectivity index (χ4n) is 3.21. The summed E-state index contributed by atoms with van der Waals surface area (Å²) in [5.74, 6) is 0.501. The number of furan rings is 1. The van der Waals surface area contributed by atoms with Gasteiger partial charge in [0.05, 0.1) is 21.6 Å². The van der Waals surface area contributed by atoms with Crippen molar-refractivity contribution in [3.63, 3.8) is 0 Å². The highest BCUT2D eigenvalue weighted by atomic mass is 35.5. The molecule has 150 valence electrons. The van der Waals surface area contributed by atoms with Gasteiger partial charge in [-0.15, -0.1) is 0 Å². The van der Waals surface area contributed by atoms with Gasteiger partial charge in [0.25, 0.3) is 5.56 Å². The predicted molar refractivity (Wildman–Crippen MR) is 110 cm³/mol. The van der Waals surface area contributed by atoms with Crippen LogP contribution in [0.25, 0.3) is 33.4 Å². The van der Waals surface area contributed by atoms with Crippen LogP contribution in [0, 0.1) is 0 Å². The fraction of sp³-hybridized carbons (Fsp3) is 0.0476. The van der Waals surface area contributed by atoms with E-state index in [0.29, 0.717) is 20.8 Å². The van der Waals surface area contributed by atoms with Crippen LogP contribution in [-0.4, -0.2) is 9.38 Å². The molecule has 0 atom stereocenters. The van der Waals surface area contributed by atoms with Crippen molar-refractivity contribution in [1.29, 1.82) is 0 Å². The van der Waals surface area contributed by atoms with Gasteiger partial charge in [-0.3, -0.25) is 4.79 Å². The molecular weight excluding hydrogens is 437 g/mol. The Morgan fingerprint density at radius 3 is 2.70 bits per heavy atom. The highest BCUT2D eigenvalue weighted by Gasteiger charge is 2.31. The molecule has 3 aromatic heterocycles. The van der Waals surface area contributed by atoms with Crippen LogP contribution < -0.4 is 10.1 Å². The van der Waals surface area contributed by atoms with Crippen LogP contribution in [0.3, 0.4) is 0 Å². The molecule has 3 heterocycles. The molecule has 0 aliphatic heterocycles. The average Bonchev–Trinajstić information content (AvgIpc) is 3.37. The van der Waals surface area contributed by atoms with Crippen molar-refractivity contribution in [3.05, 3.63) is 85.8 Å². The Labute approximate surface area is 175 Å². The quantitative estimate of drug-likeness (QED) is 0.365. The van der Waals surface area contributed by atoms with E-state index in [2.05, 4.69) is 4.98 Å². The Hall–Kier alpha value is -3.10. The smallest absolute Gasteiger partial charge is 0.416 e. The van der Waals surface area contributed by atoms with Gasteiger partial charge in [-0.05, 0) is 42.5 Å². The number of alkyl halides is 3. The van der Waals surface area contributed by atoms with Gasteiger partial charge in [0, 0.05) is 11.6 Å². The van der Waals surface area contributed by atoms with Gasteiger partial charge >= 0.3 is 6.18 Å². The van der Waals surface area contributed by atoms with Crippen molar-refractivity contribution in [2.24, 2.45) is 0 Å². The number of para-hydroxylation sites is 2. The van der Waals surface area contributed by atoms with E-state index in [4.69, 9.17) is 16.0 Å². The summed E-state index contributed by atoms with van der Waals surface area (Å²) in [4.78, 5) is 17.8. The summed E-state index contributed by atoms with van der Waals surface area (Å²) in [6.45, 7) is 0. The molecule has 0 saturated heterocycles. The zero-order valence-electron chi connectivity index (χ0n) is 14.9. The van der Waals surface area contributed by atoms with Crippen molar-refractivity contribution in [2.45, 2.75) is 6.18 Å². The summed E-state index contributed by atoms with van der Waals surface area (Å²) in [7, 11) is 0. The first-order valence-corrected chi connectivity index (χ1v) is 9.89. The van der Waals surface area contributed by atoms with Crippen LogP contribution in [0.4, 0.5) is 13.2 Å². The van der Waals surface area contributed by atoms with Gasteiger partial charge < -0.3 is 4.42 Å². The summed E-state index contributed by atoms with van der Waals surface area (Å²) >= 11 is 7.28. The molecule has 4 nitrogen and oxygen atoms in total. The number of hydrogen-bond acceptors (Lipinski definition) is 4. The number of nitrogens with zero attached hydrogens (tertiary/aromatic N) is 2. The molecule has 5 rings (SSSR count). The number of rotatable bonds is 2. The van der Waals surface area contributed by atoms with Crippen LogP contribution in [0.2, 0.25) is 5.02 Å². The molecule has 0 aliphatic rings. The van der Waals surface area contributed by atoms with E-state index in [1.165, 1.54) is 27.9 Å². The number of aromatic nitrogens is 2. The zero-order chi connectivity index (χ0) is 21.0. The number of thiazole rings is 1. The van der Waals surface area contributed by atoms with Gasteiger partial charge in [0.15, 0.2) is 4.96 Å². The molecule has 2 aromatic carbocycles. The Morgan fingerprint density at radius 2 is 1.90 bits per heavy atom. The first-order chi connectivity index (χ1) is 14.3. The van der Waals surface area contributed by atoms with Crippen LogP contribution in [0.15, 0.2) is 63.8 Å². The second-order valence-electron chi connectivity index (χ2n) is 6.53. The molecule has 0 radical (unpaired) electrons. The van der Waals surface area contributed by atoms with Gasteiger partial charge in [-0.25, -0.2) is 9.38 Å². The topological polar surface area (TPSA) is 47.5 Å². The second-order valence-corrected chi connectivity index (χ2v) is 7.95. The van der Waals surface area contributed by atoms with Crippen LogP contribution >= 0.6 is 22.9 Å². The number of halogens is 4. The average molecular weight is 447 g/mol. The Balaban J connectivity index is 1.59. The highest BCUT2D eigenvalue weighted by Crippen LogP contribution is 2.36. The van der Waals surface area contributed by atoms with E-state index in [-0.39, 0.29) is 21.9 Å². The minimum absolute atomic E-state index is 0.125. The molecule has 0 N–H and O–H groups in total. The molecular formula is C21H10ClF3N2O2S. The second kappa shape index (κ2) is 6.72. The Morgan fingerprint density at radius 1 is 1.10 bits per heavy atom. The van der Waals surface area contributed by atoms with E-state index < -0.39 is 11.7 Å². The third-order valence-corrected chi connectivity index (χ3v) is 5.90. The molecule has 0 spiro atoms. The molecule has 0 saturated carbocycles. The lowest BCUT2D eigenvalue weighted by molar-refractivity contribution is -0.137. The highest BCUT2D eigenvalue weighted by molar-refractivity contribution is 7.15. The van der Waals surface area contributed by atoms with Crippen molar-refractivity contribution in [1.82, 2.24) is 9.38 Å². The van der Waals surface area contributed by atoms with Crippen LogP contribution in [0.1, 0.15) is 11.3 Å². The lowest BCUT2D eigenvalue weighted by Crippen LogP contribution is -2.22. The number of hydrogen-bond donors (Lipinski definition) is 0. The van der Waals surface area contributed by atoms with E-state index in [1.807, 2.05) is 24.3 Å². The van der Waals surface area contributed by atoms with Crippen molar-refractivity contribution in [3.8, 4) is 11.3 Å². The molecule has 0 unspecified atom stereocenters. The van der Waals surface area contributed by atoms with Crippen LogP contribution in [0.5, 0.6) is 0 Å². The first-order valence-electron chi connectivity index (χ1n) is 8.70. The molecule has 5 aromatic rings. The van der Waals surface area contributed by atoms with Crippen molar-refractivity contribution in [2.75, 3.05) is 0 Å². The monoisotopic (exact) mass is 446 g/mol. The maximum absolute atomic E-state index is 13.0. The molecule has 30 heavy (non-hydrogen) atoms. The third-order valence-electron chi connectivity index (χ3n) is 4.60. The maximum Gasteiger partial charge on any atom is 0.416 e. The van der Waals surface area contributed by atoms with E-state index in [1.54, 1.807) is 12.1 Å². The third kappa shape index (κ3) is 3.09. The minimum atomic E-state index is -4.49. The van der Waals surface area contributed by atoms with Gasteiger partial charge in [-0.2, -0.15) is 13.2 Å². The summed E-state index contributed by atoms with van der Waals surface area (Å²) in [6.07, 6.45) is -2.95. The van der Waals surface area contributed by atoms with Crippen molar-refractivity contribution < 1.29 is 17.6 Å². The molecule has 0 aliphatic carbocycles. The zero-order valence-corrected chi connectivity index (χ0v) is 16.5. The van der Waals surface area contributed by atoms with Gasteiger partial charge in [0.1, 0.15) is 16.1 Å². The predicted octanol–water partition coefficient (Wildman–Crippen LogP) is 5.39. The van der Waals surface area contributed by atoms with Crippen LogP contribution in [-0.2, 0) is 6.18 Å². The standard InChI is InChI=1S/C21H10ClF3N2O2S/c22-14-7-5-11(21(23,24)25)9-13(14)17-8-6-12(29-17)10-18-19(28)27-16-4-2-1-3-15(16)26-20(27)30-18/h1-10H. The van der Waals surface area contributed by atoms with Gasteiger partial charge in [0.2, 0.25) is 0 Å². The summed E-state index contributed by atoms with van der Waals surface area (Å²) in [6, 6.07) is 13.4. The maximum atomic E-state index is 13.0. The SMILES string of the molecule is O=c1c(=Cc2ccc(-c3cc(C(F)(F)F)ccc3Cl)o2)sc2nc3ccccc3n12. The lowest BCUT2D eigenvalue weighted by atomic mass is 10.1. The van der Waals surface area contributed by atoms with Crippen molar-refractivity contribution >= 4 is 45.0 Å². The largest absolute Gasteiger partial charge is 0.457 e. The number of fused-ring (bicyclic) bond motifs is 3. The molecule has 0 fully saturated rings. The fourth-order valence-corrected chi connectivity index (χ4v) is 4.38. The minimum Gasteiger partial charge on any atom is -0.457 e. The van der Waals surface area contributed by atoms with E-state index in [0.717, 1.165) is 17.6 Å². The van der Waals surface area contributed by atoms with E-state index >= 15 is 0 Å². The Bertz CT molecular complexity index is 1530. The normalized spacial score (nSPS) is 13.0. The summed E-state index contributed by atoms with van der Waals surface area (Å²) < 4.78 is 46.6. The summed E-state index contributed by atoms with van der Waals surface area (Å²) in [5.41, 5.74) is 0.507.